The molecule has 0 spiro atoms. The standard InChI is InChI=1S/C28H28.C19H18.C19H16.C4H10.C2H6/c1-5-12-22(13-6-2)28(25-18-9-7-14-20(25)3)26-19-10-8-16-23(26)24-17-11-15-21(4)27(24)28;1-13-10-11-18-16-8-3-2-6-14(16)15-7-4-5-9-17(15)19(18)12-13;1-15-6-5-9-19(14-15)18-12-10-17(11-13-18)16-7-3-2-4-8-16;1-3-4-2;1-2/h5-8,10-17,19H,1,9,18H2,2-4H3;3,5,8-12H,2,4,6-7H2,1H3;2-14H,1H3;3-4H2,1-2H3;1-2H3/b13-6-,22-12+;;;;. The van der Waals surface area contributed by atoms with Crippen molar-refractivity contribution in [2.45, 2.75) is 119 Å². The van der Waals surface area contributed by atoms with E-state index in [4.69, 9.17) is 0 Å². The largest absolute Gasteiger partial charge is 0.0991 e. The summed E-state index contributed by atoms with van der Waals surface area (Å²) in [7, 11) is 0. The molecule has 0 nitrogen and oxygen atoms in total. The molecule has 0 radical (unpaired) electrons. The monoisotopic (exact) mass is 943 g/mol. The summed E-state index contributed by atoms with van der Waals surface area (Å²) in [5.41, 5.74) is 24.8. The highest BCUT2D eigenvalue weighted by Gasteiger charge is 2.49. The first-order valence-electron chi connectivity index (χ1n) is 26.9. The van der Waals surface area contributed by atoms with Gasteiger partial charge in [-0.2, -0.15) is 0 Å². The average Bonchev–Trinajstić information content (AvgIpc) is 3.74. The second kappa shape index (κ2) is 25.4. The van der Waals surface area contributed by atoms with E-state index >= 15 is 0 Å². The molecule has 1 atom stereocenters. The van der Waals surface area contributed by atoms with Gasteiger partial charge in [0.1, 0.15) is 0 Å². The van der Waals surface area contributed by atoms with Crippen LogP contribution in [-0.2, 0) is 18.3 Å². The molecule has 0 aromatic heterocycles. The van der Waals surface area contributed by atoms with Crippen molar-refractivity contribution in [3.05, 3.63) is 262 Å². The van der Waals surface area contributed by atoms with Crippen LogP contribution in [0.15, 0.2) is 211 Å². The Bertz CT molecular complexity index is 3150. The number of fused-ring (bicyclic) bond motifs is 9. The number of allylic oxidation sites excluding steroid dienone is 11. The lowest BCUT2D eigenvalue weighted by Gasteiger charge is -2.39. The van der Waals surface area contributed by atoms with Gasteiger partial charge in [-0.1, -0.05) is 264 Å². The normalized spacial score (nSPS) is 15.8. The van der Waals surface area contributed by atoms with Crippen LogP contribution in [0.5, 0.6) is 0 Å². The molecule has 11 rings (SSSR count). The maximum atomic E-state index is 4.04. The van der Waals surface area contributed by atoms with E-state index in [-0.39, 0.29) is 5.41 Å². The molecular weight excluding hydrogens is 865 g/mol. The number of benzene rings is 7. The van der Waals surface area contributed by atoms with Gasteiger partial charge in [-0.25, -0.2) is 0 Å². The van der Waals surface area contributed by atoms with Gasteiger partial charge in [0, 0.05) is 0 Å². The number of aryl methyl sites for hydroxylation is 3. The molecule has 4 aliphatic carbocycles. The van der Waals surface area contributed by atoms with Crippen molar-refractivity contribution in [2.24, 2.45) is 0 Å². The molecule has 0 bridgehead atoms. The second-order valence-corrected chi connectivity index (χ2v) is 19.3. The van der Waals surface area contributed by atoms with Crippen LogP contribution in [0.4, 0.5) is 0 Å². The van der Waals surface area contributed by atoms with Gasteiger partial charge >= 0.3 is 0 Å². The molecule has 1 unspecified atom stereocenters. The summed E-state index contributed by atoms with van der Waals surface area (Å²) in [4.78, 5) is 0. The van der Waals surface area contributed by atoms with Crippen molar-refractivity contribution in [3.8, 4) is 33.4 Å². The van der Waals surface area contributed by atoms with Crippen molar-refractivity contribution in [1.29, 1.82) is 0 Å². The van der Waals surface area contributed by atoms with E-state index in [1.54, 1.807) is 11.1 Å². The lowest BCUT2D eigenvalue weighted by molar-refractivity contribution is 0.678. The molecule has 0 aliphatic heterocycles. The Morgan fingerprint density at radius 3 is 1.74 bits per heavy atom. The van der Waals surface area contributed by atoms with E-state index in [1.165, 1.54) is 138 Å². The van der Waals surface area contributed by atoms with Crippen molar-refractivity contribution in [2.75, 3.05) is 0 Å². The number of hydrogen-bond donors (Lipinski definition) is 0. The molecule has 4 aliphatic rings. The van der Waals surface area contributed by atoms with Gasteiger partial charge in [0.05, 0.1) is 5.41 Å². The molecule has 0 heterocycles. The summed E-state index contributed by atoms with van der Waals surface area (Å²) < 4.78 is 0. The Balaban J connectivity index is 0.000000153. The molecule has 0 fully saturated rings. The topological polar surface area (TPSA) is 0 Å². The summed E-state index contributed by atoms with van der Waals surface area (Å²) in [5, 5.41) is 2.87. The van der Waals surface area contributed by atoms with Crippen molar-refractivity contribution < 1.29 is 0 Å². The number of hydrogen-bond acceptors (Lipinski definition) is 0. The third kappa shape index (κ3) is 11.2. The fourth-order valence-corrected chi connectivity index (χ4v) is 11.1. The van der Waals surface area contributed by atoms with Gasteiger partial charge in [-0.15, -0.1) is 0 Å². The highest BCUT2D eigenvalue weighted by atomic mass is 14.5. The minimum Gasteiger partial charge on any atom is -0.0991 e. The van der Waals surface area contributed by atoms with Gasteiger partial charge in [-0.3, -0.25) is 0 Å². The molecule has 0 amide bonds. The lowest BCUT2D eigenvalue weighted by Crippen LogP contribution is -2.32. The van der Waals surface area contributed by atoms with Crippen molar-refractivity contribution >= 4 is 22.9 Å². The average molecular weight is 943 g/mol. The van der Waals surface area contributed by atoms with Crippen LogP contribution in [0.3, 0.4) is 0 Å². The Labute approximate surface area is 434 Å². The van der Waals surface area contributed by atoms with Crippen LogP contribution in [0.25, 0.3) is 56.3 Å². The van der Waals surface area contributed by atoms with Gasteiger partial charge in [-0.05, 0) is 167 Å². The summed E-state index contributed by atoms with van der Waals surface area (Å²) >= 11 is 0. The molecule has 72 heavy (non-hydrogen) atoms. The van der Waals surface area contributed by atoms with Crippen LogP contribution in [0.1, 0.15) is 130 Å². The van der Waals surface area contributed by atoms with E-state index in [0.717, 1.165) is 12.8 Å². The first-order chi connectivity index (χ1) is 35.2. The van der Waals surface area contributed by atoms with Gasteiger partial charge in [0.2, 0.25) is 0 Å². The lowest BCUT2D eigenvalue weighted by atomic mass is 9.62. The molecule has 7 aromatic rings. The van der Waals surface area contributed by atoms with Gasteiger partial charge in [0.15, 0.2) is 0 Å². The van der Waals surface area contributed by atoms with Crippen molar-refractivity contribution in [3.63, 3.8) is 0 Å². The first-order valence-corrected chi connectivity index (χ1v) is 26.9. The SMILES string of the molecule is C=C/C=C(\C=C/C)C1(C2=C(C)C=CCC2)c2ccccc2-c2cccc(C)c21.CC.CCCC.Cc1ccc2c3c(c4c(c2c1)C=CCC4)CCC=C3.Cc1cccc(-c2ccc(-c3ccccc3)cc2)c1. The Morgan fingerprint density at radius 1 is 0.542 bits per heavy atom. The molecule has 0 saturated heterocycles. The van der Waals surface area contributed by atoms with E-state index in [1.807, 2.05) is 26.0 Å². The maximum absolute atomic E-state index is 4.04. The zero-order valence-corrected chi connectivity index (χ0v) is 44.9. The summed E-state index contributed by atoms with van der Waals surface area (Å²) in [5.74, 6) is 0. The maximum Gasteiger partial charge on any atom is 0.0681 e. The van der Waals surface area contributed by atoms with Gasteiger partial charge < -0.3 is 0 Å². The molecule has 0 N–H and O–H groups in total. The number of unbranched alkanes of at least 4 members (excludes halogenated alkanes) is 1. The quantitative estimate of drug-likeness (QED) is 0.140. The minimum absolute atomic E-state index is 0.257. The van der Waals surface area contributed by atoms with Crippen LogP contribution in [-0.4, -0.2) is 0 Å². The smallest absolute Gasteiger partial charge is 0.0681 e. The Morgan fingerprint density at radius 2 is 1.10 bits per heavy atom. The van der Waals surface area contributed by atoms with Crippen LogP contribution >= 0.6 is 0 Å². The fourth-order valence-electron chi connectivity index (χ4n) is 11.1. The fraction of sp³-hybridized carbons (Fsp3) is 0.250. The Kier molecular flexibility index (Phi) is 18.6. The molecule has 366 valence electrons. The van der Waals surface area contributed by atoms with Crippen LogP contribution < -0.4 is 0 Å². The predicted octanol–water partition coefficient (Wildman–Crippen LogP) is 20.8. The second-order valence-electron chi connectivity index (χ2n) is 19.3. The van der Waals surface area contributed by atoms with Crippen LogP contribution in [0, 0.1) is 20.8 Å². The highest BCUT2D eigenvalue weighted by molar-refractivity contribution is 6.00. The Hall–Kier alpha value is -7.02. The van der Waals surface area contributed by atoms with E-state index in [2.05, 4.69) is 243 Å². The van der Waals surface area contributed by atoms with Crippen molar-refractivity contribution in [1.82, 2.24) is 0 Å². The minimum atomic E-state index is -0.257. The third-order valence-electron chi connectivity index (χ3n) is 14.5. The molecule has 0 heteroatoms. The zero-order valence-electron chi connectivity index (χ0n) is 44.9. The van der Waals surface area contributed by atoms with E-state index in [0.29, 0.717) is 0 Å². The highest BCUT2D eigenvalue weighted by Crippen LogP contribution is 2.59. The summed E-state index contributed by atoms with van der Waals surface area (Å²) in [6.07, 6.45) is 32.2. The zero-order chi connectivity index (χ0) is 51.0. The predicted molar refractivity (Wildman–Crippen MR) is 319 cm³/mol. The van der Waals surface area contributed by atoms with E-state index < -0.39 is 0 Å². The first kappa shape index (κ1) is 52.8. The third-order valence-corrected chi connectivity index (χ3v) is 14.5. The summed E-state index contributed by atoms with van der Waals surface area (Å²) in [6, 6.07) is 50.4. The van der Waals surface area contributed by atoms with Gasteiger partial charge in [0.25, 0.3) is 0 Å². The number of rotatable bonds is 7. The molecule has 7 aromatic carbocycles. The van der Waals surface area contributed by atoms with Crippen LogP contribution in [0.2, 0.25) is 0 Å². The molecule has 0 saturated carbocycles. The molecular formula is C72H78. The summed E-state index contributed by atoms with van der Waals surface area (Å²) in [6.45, 7) is 23.4. The van der Waals surface area contributed by atoms with E-state index in [9.17, 15) is 0 Å².